The van der Waals surface area contributed by atoms with E-state index in [0.29, 0.717) is 5.36 Å². The minimum atomic E-state index is -0.575. The van der Waals surface area contributed by atoms with Crippen LogP contribution in [0.25, 0.3) is 21.8 Å². The van der Waals surface area contributed by atoms with Crippen molar-refractivity contribution in [2.45, 2.75) is 26.9 Å². The topological polar surface area (TPSA) is 66.5 Å². The van der Waals surface area contributed by atoms with E-state index >= 15 is 0 Å². The number of hydrogen-bond acceptors (Lipinski definition) is 3. The summed E-state index contributed by atoms with van der Waals surface area (Å²) in [4.78, 5) is 19.2. The fourth-order valence-corrected chi connectivity index (χ4v) is 2.73. The molecule has 0 saturated carbocycles. The molecule has 0 radical (unpaired) electrons. The third-order valence-corrected chi connectivity index (χ3v) is 3.65. The van der Waals surface area contributed by atoms with E-state index in [9.17, 15) is 4.79 Å². The molecular formula is C19H21N3O2. The molecule has 124 valence electrons. The van der Waals surface area contributed by atoms with Crippen molar-refractivity contribution in [3.05, 3.63) is 47.8 Å². The molecule has 0 unspecified atom stereocenters. The van der Waals surface area contributed by atoms with Crippen LogP contribution >= 0.6 is 0 Å². The van der Waals surface area contributed by atoms with Crippen LogP contribution < -0.4 is 10.7 Å². The number of aromatic nitrogens is 1. The smallest absolute Gasteiger partial charge is 0.434 e. The Hall–Kier alpha value is -2.82. The van der Waals surface area contributed by atoms with Crippen LogP contribution in [-0.4, -0.2) is 23.7 Å². The van der Waals surface area contributed by atoms with Crippen LogP contribution in [0, 0.1) is 0 Å². The number of rotatable bonds is 3. The van der Waals surface area contributed by atoms with E-state index in [1.54, 1.807) is 19.9 Å². The predicted octanol–water partition coefficient (Wildman–Crippen LogP) is 4.20. The number of para-hydroxylation sites is 1. The first-order chi connectivity index (χ1) is 11.6. The minimum Gasteiger partial charge on any atom is -0.445 e. The first-order valence-electron chi connectivity index (χ1n) is 8.12. The van der Waals surface area contributed by atoms with Gasteiger partial charge in [-0.2, -0.15) is 4.99 Å². The number of nitrogens with one attached hydrogen (secondary N) is 2. The lowest BCUT2D eigenvalue weighted by atomic mass is 10.2. The number of H-pyrrole nitrogens is 1. The Bertz CT molecular complexity index is 958. The normalized spacial score (nSPS) is 12.1. The van der Waals surface area contributed by atoms with Crippen LogP contribution in [0.15, 0.2) is 47.5 Å². The van der Waals surface area contributed by atoms with Gasteiger partial charge in [0.2, 0.25) is 0 Å². The second kappa shape index (κ2) is 6.74. The van der Waals surface area contributed by atoms with E-state index in [-0.39, 0.29) is 6.10 Å². The number of aromatic amines is 1. The first kappa shape index (κ1) is 16.1. The van der Waals surface area contributed by atoms with Gasteiger partial charge in [0.05, 0.1) is 22.7 Å². The molecule has 24 heavy (non-hydrogen) atoms. The Morgan fingerprint density at radius 2 is 1.96 bits per heavy atom. The minimum absolute atomic E-state index is 0.186. The number of amides is 1. The molecule has 5 heteroatoms. The summed E-state index contributed by atoms with van der Waals surface area (Å²) >= 11 is 0. The summed E-state index contributed by atoms with van der Waals surface area (Å²) < 4.78 is 5.08. The molecule has 0 bridgehead atoms. The summed E-state index contributed by atoms with van der Waals surface area (Å²) in [7, 11) is 0. The molecule has 0 aliphatic rings. The molecule has 1 aromatic heterocycles. The molecule has 3 rings (SSSR count). The van der Waals surface area contributed by atoms with Gasteiger partial charge in [-0.05, 0) is 39.0 Å². The van der Waals surface area contributed by atoms with Gasteiger partial charge >= 0.3 is 6.09 Å². The molecule has 0 aliphatic heterocycles. The maximum Gasteiger partial charge on any atom is 0.434 e. The number of anilines is 1. The molecule has 5 nitrogen and oxygen atoms in total. The molecule has 2 aromatic carbocycles. The quantitative estimate of drug-likeness (QED) is 0.759. The summed E-state index contributed by atoms with van der Waals surface area (Å²) in [6.45, 7) is 6.52. The highest BCUT2D eigenvalue weighted by Crippen LogP contribution is 2.29. The van der Waals surface area contributed by atoms with Crippen LogP contribution in [0.5, 0.6) is 0 Å². The van der Waals surface area contributed by atoms with Gasteiger partial charge in [-0.15, -0.1) is 0 Å². The fourth-order valence-electron chi connectivity index (χ4n) is 2.73. The van der Waals surface area contributed by atoms with Gasteiger partial charge in [-0.25, -0.2) is 4.79 Å². The summed E-state index contributed by atoms with van der Waals surface area (Å²) in [5.74, 6) is 0. The Labute approximate surface area is 140 Å². The average Bonchev–Trinajstić information content (AvgIpc) is 2.74. The number of carbonyl (C=O) groups excluding carboxylic acids is 1. The number of nitrogens with zero attached hydrogens (tertiary/aromatic N) is 1. The third-order valence-electron chi connectivity index (χ3n) is 3.65. The van der Waals surface area contributed by atoms with E-state index in [2.05, 4.69) is 28.3 Å². The van der Waals surface area contributed by atoms with Crippen molar-refractivity contribution in [3.63, 3.8) is 0 Å². The molecule has 0 atom stereocenters. The summed E-state index contributed by atoms with van der Waals surface area (Å²) in [5.41, 5.74) is 3.04. The molecule has 2 N–H and O–H groups in total. The lowest BCUT2D eigenvalue weighted by Gasteiger charge is -2.03. The van der Waals surface area contributed by atoms with Gasteiger partial charge in [-0.1, -0.05) is 24.3 Å². The van der Waals surface area contributed by atoms with Crippen LogP contribution in [0.1, 0.15) is 20.8 Å². The van der Waals surface area contributed by atoms with E-state index in [1.165, 1.54) is 0 Å². The Morgan fingerprint density at radius 3 is 2.71 bits per heavy atom. The van der Waals surface area contributed by atoms with Gasteiger partial charge in [0.1, 0.15) is 0 Å². The standard InChI is InChI=1S/C19H21N3O2/c1-4-20-16-10-6-9-15-14-8-5-7-13(11-17(14)22-18(15)16)21-19(23)24-12(2)3/h5-12,20,22H,4H2,1-3H3. The van der Waals surface area contributed by atoms with E-state index < -0.39 is 6.09 Å². The second-order valence-corrected chi connectivity index (χ2v) is 5.85. The van der Waals surface area contributed by atoms with Crippen LogP contribution in [0.3, 0.4) is 0 Å². The Kier molecular flexibility index (Phi) is 4.51. The van der Waals surface area contributed by atoms with Gasteiger partial charge in [-0.3, -0.25) is 0 Å². The van der Waals surface area contributed by atoms with Crippen molar-refractivity contribution >= 4 is 33.6 Å². The SMILES string of the molecule is CCNc1cccc2c1[nH]c1cc(=NC(=O)OC(C)C)cccc12. The molecule has 3 aromatic rings. The number of fused-ring (bicyclic) bond motifs is 3. The third kappa shape index (κ3) is 3.25. The zero-order valence-corrected chi connectivity index (χ0v) is 14.1. The zero-order chi connectivity index (χ0) is 17.1. The van der Waals surface area contributed by atoms with Crippen LogP contribution in [0.2, 0.25) is 0 Å². The van der Waals surface area contributed by atoms with Gasteiger partial charge in [0.15, 0.2) is 0 Å². The predicted molar refractivity (Wildman–Crippen MR) is 97.1 cm³/mol. The van der Waals surface area contributed by atoms with Crippen LogP contribution in [0.4, 0.5) is 10.5 Å². The summed E-state index contributed by atoms with van der Waals surface area (Å²) in [6, 6.07) is 13.8. The molecule has 1 heterocycles. The highest BCUT2D eigenvalue weighted by atomic mass is 16.6. The molecule has 0 spiro atoms. The van der Waals surface area contributed by atoms with Crippen molar-refractivity contribution in [1.29, 1.82) is 0 Å². The second-order valence-electron chi connectivity index (χ2n) is 5.85. The van der Waals surface area contributed by atoms with E-state index in [0.717, 1.165) is 34.0 Å². The molecule has 1 amide bonds. The molecule has 0 fully saturated rings. The largest absolute Gasteiger partial charge is 0.445 e. The maximum absolute atomic E-state index is 11.8. The zero-order valence-electron chi connectivity index (χ0n) is 14.1. The molecular weight excluding hydrogens is 302 g/mol. The lowest BCUT2D eigenvalue weighted by Crippen LogP contribution is -2.11. The van der Waals surface area contributed by atoms with Crippen molar-refractivity contribution in [2.75, 3.05) is 11.9 Å². The Morgan fingerprint density at radius 1 is 1.21 bits per heavy atom. The van der Waals surface area contributed by atoms with E-state index in [1.807, 2.05) is 30.3 Å². The molecule has 0 saturated heterocycles. The summed E-state index contributed by atoms with van der Waals surface area (Å²) in [5, 5.41) is 6.14. The number of benzene rings is 1. The van der Waals surface area contributed by atoms with Crippen molar-refractivity contribution in [2.24, 2.45) is 4.99 Å². The number of ether oxygens (including phenoxy) is 1. The monoisotopic (exact) mass is 323 g/mol. The maximum atomic E-state index is 11.8. The van der Waals surface area contributed by atoms with Crippen molar-refractivity contribution < 1.29 is 9.53 Å². The van der Waals surface area contributed by atoms with Crippen LogP contribution in [-0.2, 0) is 4.74 Å². The van der Waals surface area contributed by atoms with Gasteiger partial charge in [0, 0.05) is 22.8 Å². The Balaban J connectivity index is 2.17. The van der Waals surface area contributed by atoms with Crippen molar-refractivity contribution in [3.8, 4) is 0 Å². The van der Waals surface area contributed by atoms with Gasteiger partial charge < -0.3 is 15.0 Å². The lowest BCUT2D eigenvalue weighted by molar-refractivity contribution is 0.125. The first-order valence-corrected chi connectivity index (χ1v) is 8.12. The van der Waals surface area contributed by atoms with Gasteiger partial charge in [0.25, 0.3) is 0 Å². The van der Waals surface area contributed by atoms with E-state index in [4.69, 9.17) is 4.74 Å². The van der Waals surface area contributed by atoms with Crippen molar-refractivity contribution in [1.82, 2.24) is 4.98 Å². The number of carbonyl (C=O) groups is 1. The fraction of sp³-hybridized carbons (Fsp3) is 0.263. The summed E-state index contributed by atoms with van der Waals surface area (Å²) in [6.07, 6.45) is -0.761. The average molecular weight is 323 g/mol. The highest BCUT2D eigenvalue weighted by molar-refractivity contribution is 6.10. The highest BCUT2D eigenvalue weighted by Gasteiger charge is 2.07. The number of hydrogen-bond donors (Lipinski definition) is 2. The molecule has 0 aliphatic carbocycles.